The van der Waals surface area contributed by atoms with Gasteiger partial charge >= 0.3 is 0 Å². The maximum absolute atomic E-state index is 3.19. The molecular weight excluding hydrogens is 384 g/mol. The lowest BCUT2D eigenvalue weighted by Gasteiger charge is -2.01. The van der Waals surface area contributed by atoms with Gasteiger partial charge in [0.1, 0.15) is 0 Å². The molecule has 0 unspecified atom stereocenters. The molecule has 0 aromatic heterocycles. The number of hydrogen-bond acceptors (Lipinski definition) is 0. The van der Waals surface area contributed by atoms with Crippen molar-refractivity contribution in [3.63, 3.8) is 0 Å². The molecule has 0 amide bonds. The van der Waals surface area contributed by atoms with Crippen molar-refractivity contribution in [1.82, 2.24) is 0 Å². The molecule has 0 N–H and O–H groups in total. The van der Waals surface area contributed by atoms with Crippen LogP contribution in [0.25, 0.3) is 0 Å². The van der Waals surface area contributed by atoms with Crippen LogP contribution in [0.2, 0.25) is 0 Å². The van der Waals surface area contributed by atoms with E-state index in [1.54, 1.807) is 0 Å². The van der Waals surface area contributed by atoms with Gasteiger partial charge in [0.05, 0.1) is 0 Å². The number of aryl methyl sites for hydroxylation is 2. The van der Waals surface area contributed by atoms with Crippen molar-refractivity contribution in [2.24, 2.45) is 0 Å². The summed E-state index contributed by atoms with van der Waals surface area (Å²) in [5.74, 6) is 12.6. The maximum Gasteiger partial charge on any atom is 0.0249 e. The van der Waals surface area contributed by atoms with E-state index in [-0.39, 0.29) is 0 Å². The van der Waals surface area contributed by atoms with Crippen LogP contribution in [0, 0.1) is 23.7 Å². The molecule has 2 rings (SSSR count). The molecule has 0 spiro atoms. The maximum atomic E-state index is 3.19. The van der Waals surface area contributed by atoms with Crippen LogP contribution in [0.4, 0.5) is 0 Å². The largest absolute Gasteiger partial charge is 0.0689 e. The van der Waals surface area contributed by atoms with Crippen LogP contribution in [-0.2, 0) is 12.8 Å². The first-order chi connectivity index (χ1) is 15.8. The second kappa shape index (κ2) is 16.9. The summed E-state index contributed by atoms with van der Waals surface area (Å²) in [6.07, 6.45) is 19.3. The Balaban J connectivity index is 1.71. The molecule has 0 heterocycles. The Morgan fingerprint density at radius 1 is 0.500 bits per heavy atom. The zero-order chi connectivity index (χ0) is 22.7. The molecule has 2 aromatic carbocycles. The van der Waals surface area contributed by atoms with Crippen molar-refractivity contribution in [3.05, 3.63) is 82.9 Å². The third kappa shape index (κ3) is 11.6. The molecule has 0 radical (unpaired) electrons. The predicted octanol–water partition coefficient (Wildman–Crippen LogP) is 8.67. The molecule has 0 heteroatoms. The molecule has 0 bridgehead atoms. The monoisotopic (exact) mass is 424 g/mol. The van der Waals surface area contributed by atoms with Crippen molar-refractivity contribution in [1.29, 1.82) is 0 Å². The lowest BCUT2D eigenvalue weighted by atomic mass is 10.0. The van der Waals surface area contributed by atoms with Gasteiger partial charge in [-0.3, -0.25) is 0 Å². The molecule has 0 atom stereocenters. The van der Waals surface area contributed by atoms with Gasteiger partial charge in [0.2, 0.25) is 0 Å². The van der Waals surface area contributed by atoms with Gasteiger partial charge in [-0.25, -0.2) is 0 Å². The minimum absolute atomic E-state index is 1.06. The van der Waals surface area contributed by atoms with E-state index in [4.69, 9.17) is 0 Å². The highest BCUT2D eigenvalue weighted by Crippen LogP contribution is 2.11. The molecule has 0 aliphatic rings. The minimum atomic E-state index is 1.06. The summed E-state index contributed by atoms with van der Waals surface area (Å²) in [5.41, 5.74) is 4.94. The summed E-state index contributed by atoms with van der Waals surface area (Å²) in [5, 5.41) is 0. The van der Waals surface area contributed by atoms with Crippen molar-refractivity contribution >= 4 is 0 Å². The number of allylic oxidation sites excluding steroid dienone is 2. The summed E-state index contributed by atoms with van der Waals surface area (Å²) in [6.45, 7) is 4.52. The van der Waals surface area contributed by atoms with E-state index in [0.29, 0.717) is 0 Å². The molecule has 0 saturated carbocycles. The van der Waals surface area contributed by atoms with Crippen LogP contribution in [-0.4, -0.2) is 0 Å². The van der Waals surface area contributed by atoms with Gasteiger partial charge in [0.25, 0.3) is 0 Å². The normalized spacial score (nSPS) is 10.4. The molecule has 2 aromatic rings. The first kappa shape index (κ1) is 25.6. The van der Waals surface area contributed by atoms with Crippen molar-refractivity contribution in [2.75, 3.05) is 0 Å². The number of rotatable bonds is 12. The van der Waals surface area contributed by atoms with Gasteiger partial charge in [-0.1, -0.05) is 113 Å². The van der Waals surface area contributed by atoms with E-state index in [9.17, 15) is 0 Å². The summed E-state index contributed by atoms with van der Waals surface area (Å²) in [7, 11) is 0. The Morgan fingerprint density at radius 3 is 1.25 bits per heavy atom. The van der Waals surface area contributed by atoms with Gasteiger partial charge in [-0.05, 0) is 73.2 Å². The fourth-order valence-corrected chi connectivity index (χ4v) is 3.71. The molecule has 0 aliphatic carbocycles. The van der Waals surface area contributed by atoms with Crippen molar-refractivity contribution < 1.29 is 0 Å². The van der Waals surface area contributed by atoms with Crippen LogP contribution in [0.1, 0.15) is 100 Å². The lowest BCUT2D eigenvalue weighted by molar-refractivity contribution is 0.632. The third-order valence-corrected chi connectivity index (χ3v) is 5.73. The summed E-state index contributed by atoms with van der Waals surface area (Å²) < 4.78 is 0. The molecule has 0 aliphatic heterocycles. The van der Waals surface area contributed by atoms with E-state index < -0.39 is 0 Å². The van der Waals surface area contributed by atoms with Crippen molar-refractivity contribution in [2.45, 2.75) is 90.9 Å². The van der Waals surface area contributed by atoms with Crippen LogP contribution < -0.4 is 0 Å². The summed E-state index contributed by atoms with van der Waals surface area (Å²) >= 11 is 0. The molecule has 0 nitrogen and oxygen atoms in total. The van der Waals surface area contributed by atoms with Gasteiger partial charge < -0.3 is 0 Å². The highest BCUT2D eigenvalue weighted by Gasteiger charge is 1.95. The lowest BCUT2D eigenvalue weighted by Crippen LogP contribution is -1.86. The third-order valence-electron chi connectivity index (χ3n) is 5.73. The smallest absolute Gasteiger partial charge is 0.0249 e. The Labute approximate surface area is 197 Å². The number of unbranched alkanes of at least 4 members (excludes halogenated alkanes) is 8. The zero-order valence-corrected chi connectivity index (χ0v) is 20.3. The van der Waals surface area contributed by atoms with Crippen LogP contribution in [0.3, 0.4) is 0 Å². The number of hydrogen-bond donors (Lipinski definition) is 0. The highest BCUT2D eigenvalue weighted by atomic mass is 14.0. The zero-order valence-electron chi connectivity index (χ0n) is 20.3. The average Bonchev–Trinajstić information content (AvgIpc) is 2.83. The van der Waals surface area contributed by atoms with Gasteiger partial charge in [0.15, 0.2) is 0 Å². The first-order valence-corrected chi connectivity index (χ1v) is 12.7. The van der Waals surface area contributed by atoms with E-state index in [2.05, 4.69) is 86.1 Å². The Bertz CT molecular complexity index is 811. The van der Waals surface area contributed by atoms with E-state index >= 15 is 0 Å². The number of benzene rings is 2. The van der Waals surface area contributed by atoms with Crippen molar-refractivity contribution in [3.8, 4) is 23.7 Å². The quantitative estimate of drug-likeness (QED) is 0.236. The standard InChI is InChI=1S/C32H40/c1-3-5-7-9-13-17-29-21-25-31(26-22-29)19-15-11-12-16-20-32-27-23-30(24-28-32)18-14-10-8-6-4-2/h11-12,21-28H,3-10,13-14,17-18H2,1-2H3. The molecule has 32 heavy (non-hydrogen) atoms. The Kier molecular flexibility index (Phi) is 13.5. The summed E-state index contributed by atoms with van der Waals surface area (Å²) in [6, 6.07) is 17.3. The SMILES string of the molecule is CCCCCCCc1ccc(C#CC=CC#Cc2ccc(CCCCCCC)cc2)cc1. The second-order valence-electron chi connectivity index (χ2n) is 8.59. The van der Waals surface area contributed by atoms with E-state index in [1.165, 1.54) is 88.2 Å². The molecule has 0 saturated heterocycles. The van der Waals surface area contributed by atoms with E-state index in [1.807, 2.05) is 12.2 Å². The van der Waals surface area contributed by atoms with Crippen LogP contribution >= 0.6 is 0 Å². The molecular formula is C32H40. The topological polar surface area (TPSA) is 0 Å². The first-order valence-electron chi connectivity index (χ1n) is 12.7. The fraction of sp³-hybridized carbons (Fsp3) is 0.438. The fourth-order valence-electron chi connectivity index (χ4n) is 3.71. The van der Waals surface area contributed by atoms with Crippen LogP contribution in [0.15, 0.2) is 60.7 Å². The van der Waals surface area contributed by atoms with Gasteiger partial charge in [-0.15, -0.1) is 0 Å². The average molecular weight is 425 g/mol. The summed E-state index contributed by atoms with van der Waals surface area (Å²) in [4.78, 5) is 0. The minimum Gasteiger partial charge on any atom is -0.0689 e. The Morgan fingerprint density at radius 2 is 0.875 bits per heavy atom. The van der Waals surface area contributed by atoms with E-state index in [0.717, 1.165) is 11.1 Å². The van der Waals surface area contributed by atoms with Gasteiger partial charge in [-0.2, -0.15) is 0 Å². The van der Waals surface area contributed by atoms with Gasteiger partial charge in [0, 0.05) is 11.1 Å². The predicted molar refractivity (Wildman–Crippen MR) is 141 cm³/mol. The second-order valence-corrected chi connectivity index (χ2v) is 8.59. The molecule has 0 fully saturated rings. The molecule has 168 valence electrons. The Hall–Kier alpha value is -2.70. The highest BCUT2D eigenvalue weighted by molar-refractivity contribution is 5.42. The van der Waals surface area contributed by atoms with Crippen LogP contribution in [0.5, 0.6) is 0 Å².